The third-order valence-electron chi connectivity index (χ3n) is 5.02. The van der Waals surface area contributed by atoms with Crippen LogP contribution < -0.4 is 0 Å². The maximum Gasteiger partial charge on any atom is 0.289 e. The molecular weight excluding hydrogens is 424 g/mol. The van der Waals surface area contributed by atoms with Gasteiger partial charge in [-0.3, -0.25) is 9.48 Å². The van der Waals surface area contributed by atoms with Crippen LogP contribution >= 0.6 is 15.9 Å². The molecule has 0 aliphatic carbocycles. The second kappa shape index (κ2) is 7.90. The summed E-state index contributed by atoms with van der Waals surface area (Å²) in [5, 5.41) is 12.6. The molecule has 0 saturated carbocycles. The largest absolute Gasteiger partial charge is 0.454 e. The average Bonchev–Trinajstić information content (AvgIpc) is 3.42. The van der Waals surface area contributed by atoms with Crippen LogP contribution in [0.2, 0.25) is 0 Å². The van der Waals surface area contributed by atoms with Crippen molar-refractivity contribution in [2.24, 2.45) is 0 Å². The van der Waals surface area contributed by atoms with Crippen molar-refractivity contribution in [3.8, 4) is 0 Å². The standard InChI is InChI=1S/C19H23BrN6O2/c1-13(2)26-12-21-23-18(26)14-4-3-7-24(9-14)19(27)17-6-5-16(28-17)11-25-10-15(20)8-22-25/h5-6,8,10,12-14H,3-4,7,9,11H2,1-2H3. The first-order chi connectivity index (χ1) is 13.5. The van der Waals surface area contributed by atoms with Gasteiger partial charge in [-0.1, -0.05) is 0 Å². The van der Waals surface area contributed by atoms with Crippen molar-refractivity contribution >= 4 is 21.8 Å². The molecule has 9 heteroatoms. The Balaban J connectivity index is 1.45. The highest BCUT2D eigenvalue weighted by molar-refractivity contribution is 9.10. The number of nitrogens with zero attached hydrogens (tertiary/aromatic N) is 6. The Labute approximate surface area is 171 Å². The smallest absolute Gasteiger partial charge is 0.289 e. The molecule has 1 atom stereocenters. The third-order valence-corrected chi connectivity index (χ3v) is 5.43. The summed E-state index contributed by atoms with van der Waals surface area (Å²) < 4.78 is 10.6. The van der Waals surface area contributed by atoms with E-state index in [-0.39, 0.29) is 11.8 Å². The van der Waals surface area contributed by atoms with Gasteiger partial charge in [-0.25, -0.2) is 0 Å². The molecule has 3 aromatic rings. The quantitative estimate of drug-likeness (QED) is 0.598. The molecule has 0 N–H and O–H groups in total. The minimum atomic E-state index is -0.0757. The minimum absolute atomic E-state index is 0.0757. The fourth-order valence-corrected chi connectivity index (χ4v) is 3.96. The highest BCUT2D eigenvalue weighted by Gasteiger charge is 2.30. The van der Waals surface area contributed by atoms with Crippen molar-refractivity contribution in [2.45, 2.75) is 45.2 Å². The van der Waals surface area contributed by atoms with Crippen LogP contribution in [0.15, 0.2) is 39.7 Å². The van der Waals surface area contributed by atoms with Crippen molar-refractivity contribution < 1.29 is 9.21 Å². The second-order valence-corrected chi connectivity index (χ2v) is 8.32. The fraction of sp³-hybridized carbons (Fsp3) is 0.474. The van der Waals surface area contributed by atoms with Gasteiger partial charge < -0.3 is 13.9 Å². The van der Waals surface area contributed by atoms with Gasteiger partial charge in [0.1, 0.15) is 17.9 Å². The summed E-state index contributed by atoms with van der Waals surface area (Å²) >= 11 is 3.38. The molecule has 28 heavy (non-hydrogen) atoms. The number of amides is 1. The highest BCUT2D eigenvalue weighted by Crippen LogP contribution is 2.28. The molecule has 1 amide bonds. The predicted molar refractivity (Wildman–Crippen MR) is 106 cm³/mol. The first-order valence-electron chi connectivity index (χ1n) is 9.46. The Kier molecular flexibility index (Phi) is 5.34. The molecule has 1 aliphatic heterocycles. The molecule has 1 unspecified atom stereocenters. The number of piperidine rings is 1. The number of hydrogen-bond donors (Lipinski definition) is 0. The highest BCUT2D eigenvalue weighted by atomic mass is 79.9. The summed E-state index contributed by atoms with van der Waals surface area (Å²) in [6, 6.07) is 3.88. The van der Waals surface area contributed by atoms with Crippen LogP contribution in [0.1, 0.15) is 60.8 Å². The first-order valence-corrected chi connectivity index (χ1v) is 10.3. The molecule has 4 rings (SSSR count). The van der Waals surface area contributed by atoms with Crippen molar-refractivity contribution in [3.63, 3.8) is 0 Å². The zero-order valence-electron chi connectivity index (χ0n) is 16.0. The van der Waals surface area contributed by atoms with E-state index in [1.165, 1.54) is 0 Å². The van der Waals surface area contributed by atoms with E-state index in [1.807, 2.05) is 17.2 Å². The van der Waals surface area contributed by atoms with Crippen molar-refractivity contribution in [2.75, 3.05) is 13.1 Å². The second-order valence-electron chi connectivity index (χ2n) is 7.40. The topological polar surface area (TPSA) is 82.0 Å². The van der Waals surface area contributed by atoms with Crippen LogP contribution in [-0.2, 0) is 6.54 Å². The zero-order chi connectivity index (χ0) is 19.7. The van der Waals surface area contributed by atoms with E-state index in [4.69, 9.17) is 4.42 Å². The van der Waals surface area contributed by atoms with E-state index in [0.29, 0.717) is 30.7 Å². The molecule has 0 spiro atoms. The number of rotatable bonds is 5. The van der Waals surface area contributed by atoms with Gasteiger partial charge in [0, 0.05) is 31.2 Å². The maximum absolute atomic E-state index is 13.0. The predicted octanol–water partition coefficient (Wildman–Crippen LogP) is 3.48. The van der Waals surface area contributed by atoms with Gasteiger partial charge in [0.15, 0.2) is 5.76 Å². The molecule has 0 bridgehead atoms. The molecular formula is C19H23BrN6O2. The Bertz CT molecular complexity index is 959. The van der Waals surface area contributed by atoms with Gasteiger partial charge >= 0.3 is 0 Å². The van der Waals surface area contributed by atoms with Crippen molar-refractivity contribution in [1.82, 2.24) is 29.4 Å². The lowest BCUT2D eigenvalue weighted by Crippen LogP contribution is -2.39. The van der Waals surface area contributed by atoms with Crippen molar-refractivity contribution in [1.29, 1.82) is 0 Å². The summed E-state index contributed by atoms with van der Waals surface area (Å²) in [6.07, 6.45) is 7.30. The molecule has 1 fully saturated rings. The van der Waals surface area contributed by atoms with Crippen LogP contribution in [0, 0.1) is 0 Å². The number of hydrogen-bond acceptors (Lipinski definition) is 5. The lowest BCUT2D eigenvalue weighted by atomic mass is 9.96. The van der Waals surface area contributed by atoms with E-state index in [2.05, 4.69) is 49.6 Å². The fourth-order valence-electron chi connectivity index (χ4n) is 3.63. The average molecular weight is 447 g/mol. The number of carbonyl (C=O) groups is 1. The lowest BCUT2D eigenvalue weighted by Gasteiger charge is -2.32. The minimum Gasteiger partial charge on any atom is -0.454 e. The zero-order valence-corrected chi connectivity index (χ0v) is 17.5. The van der Waals surface area contributed by atoms with Crippen molar-refractivity contribution in [3.05, 3.63) is 52.7 Å². The van der Waals surface area contributed by atoms with E-state index in [9.17, 15) is 4.79 Å². The molecule has 1 saturated heterocycles. The van der Waals surface area contributed by atoms with Gasteiger partial charge in [0.25, 0.3) is 5.91 Å². The molecule has 0 radical (unpaired) electrons. The Hall–Kier alpha value is -2.42. The summed E-state index contributed by atoms with van der Waals surface area (Å²) in [4.78, 5) is 14.8. The summed E-state index contributed by atoms with van der Waals surface area (Å²) in [6.45, 7) is 6.07. The number of halogens is 1. The van der Waals surface area contributed by atoms with Gasteiger partial charge in [0.05, 0.1) is 17.2 Å². The lowest BCUT2D eigenvalue weighted by molar-refractivity contribution is 0.0668. The van der Waals surface area contributed by atoms with Crippen LogP contribution in [0.5, 0.6) is 0 Å². The van der Waals surface area contributed by atoms with Gasteiger partial charge in [-0.05, 0) is 54.8 Å². The number of aromatic nitrogens is 5. The van der Waals surface area contributed by atoms with Gasteiger partial charge in [-0.15, -0.1) is 10.2 Å². The monoisotopic (exact) mass is 446 g/mol. The first kappa shape index (κ1) is 18.9. The molecule has 0 aromatic carbocycles. The maximum atomic E-state index is 13.0. The Morgan fingerprint density at radius 2 is 2.25 bits per heavy atom. The van der Waals surface area contributed by atoms with Crippen LogP contribution in [0.25, 0.3) is 0 Å². The van der Waals surface area contributed by atoms with Gasteiger partial charge in [-0.2, -0.15) is 5.10 Å². The summed E-state index contributed by atoms with van der Waals surface area (Å²) in [5.41, 5.74) is 0. The third kappa shape index (κ3) is 3.89. The normalized spacial score (nSPS) is 17.4. The summed E-state index contributed by atoms with van der Waals surface area (Å²) in [7, 11) is 0. The molecule has 1 aliphatic rings. The van der Waals surface area contributed by atoms with E-state index < -0.39 is 0 Å². The van der Waals surface area contributed by atoms with E-state index >= 15 is 0 Å². The Morgan fingerprint density at radius 1 is 1.39 bits per heavy atom. The SMILES string of the molecule is CC(C)n1cnnc1C1CCCN(C(=O)c2ccc(Cn3cc(Br)cn3)o2)C1. The number of likely N-dealkylation sites (tertiary alicyclic amines) is 1. The number of carbonyl (C=O) groups excluding carboxylic acids is 1. The molecule has 148 valence electrons. The summed E-state index contributed by atoms with van der Waals surface area (Å²) in [5.74, 6) is 2.14. The van der Waals surface area contributed by atoms with E-state index in [1.54, 1.807) is 23.3 Å². The van der Waals surface area contributed by atoms with Gasteiger partial charge in [0.2, 0.25) is 0 Å². The van der Waals surface area contributed by atoms with Crippen LogP contribution in [0.3, 0.4) is 0 Å². The molecule has 8 nitrogen and oxygen atoms in total. The van der Waals surface area contributed by atoms with E-state index in [0.717, 1.165) is 29.7 Å². The van der Waals surface area contributed by atoms with Crippen LogP contribution in [-0.4, -0.2) is 48.4 Å². The Morgan fingerprint density at radius 3 is 3.00 bits per heavy atom. The molecule has 4 heterocycles. The van der Waals surface area contributed by atoms with Crippen LogP contribution in [0.4, 0.5) is 0 Å². The number of furan rings is 1. The molecule has 3 aromatic heterocycles.